The van der Waals surface area contributed by atoms with E-state index in [9.17, 15) is 9.18 Å². The minimum atomic E-state index is -0.211. The second-order valence-electron chi connectivity index (χ2n) is 6.57. The Morgan fingerprint density at radius 3 is 2.69 bits per heavy atom. The van der Waals surface area contributed by atoms with Gasteiger partial charge in [0.25, 0.3) is 0 Å². The summed E-state index contributed by atoms with van der Waals surface area (Å²) >= 11 is 5.11. The first-order valence-corrected chi connectivity index (χ1v) is 10.4. The summed E-state index contributed by atoms with van der Waals surface area (Å²) in [5.41, 5.74) is 1.04. The molecule has 0 N–H and O–H groups in total. The zero-order valence-electron chi connectivity index (χ0n) is 14.8. The molecule has 1 aromatic carbocycles. The van der Waals surface area contributed by atoms with E-state index in [4.69, 9.17) is 0 Å². The minimum Gasteiger partial charge on any atom is -0.370 e. The molecular formula is C19H23BrFN3OS. The van der Waals surface area contributed by atoms with Crippen LogP contribution >= 0.6 is 27.3 Å². The average Bonchev–Trinajstić information content (AvgIpc) is 2.89. The van der Waals surface area contributed by atoms with Gasteiger partial charge in [-0.05, 0) is 52.7 Å². The van der Waals surface area contributed by atoms with E-state index in [2.05, 4.69) is 31.8 Å². The molecule has 7 heteroatoms. The maximum Gasteiger partial charge on any atom is 0.236 e. The van der Waals surface area contributed by atoms with Crippen molar-refractivity contribution in [3.63, 3.8) is 0 Å². The molecule has 140 valence electrons. The lowest BCUT2D eigenvalue weighted by Gasteiger charge is -2.25. The predicted octanol–water partition coefficient (Wildman–Crippen LogP) is 3.82. The first-order valence-electron chi connectivity index (χ1n) is 8.71. The standard InChI is InChI=1S/C19H23BrFN3OS/c1-22(12-18-11-15(20)14-26-18)19(25)13-23-7-2-8-24(10-9-23)17-5-3-16(21)4-6-17/h3-6,11,14H,2,7-10,12-13H2,1H3. The Bertz CT molecular complexity index is 737. The van der Waals surface area contributed by atoms with Crippen LogP contribution in [-0.2, 0) is 11.3 Å². The molecule has 0 saturated carbocycles. The number of amides is 1. The number of thiophene rings is 1. The molecule has 1 amide bonds. The summed E-state index contributed by atoms with van der Waals surface area (Å²) < 4.78 is 14.2. The van der Waals surface area contributed by atoms with Gasteiger partial charge in [-0.1, -0.05) is 0 Å². The number of halogens is 2. The fraction of sp³-hybridized carbons (Fsp3) is 0.421. The molecule has 0 radical (unpaired) electrons. The molecule has 3 rings (SSSR count). The second-order valence-corrected chi connectivity index (χ2v) is 8.49. The Kier molecular flexibility index (Phi) is 6.67. The van der Waals surface area contributed by atoms with Gasteiger partial charge in [0.05, 0.1) is 13.1 Å². The minimum absolute atomic E-state index is 0.143. The lowest BCUT2D eigenvalue weighted by atomic mass is 10.2. The average molecular weight is 440 g/mol. The number of likely N-dealkylation sites (N-methyl/N-ethyl adjacent to an activating group) is 1. The highest BCUT2D eigenvalue weighted by Crippen LogP contribution is 2.21. The van der Waals surface area contributed by atoms with Crippen molar-refractivity contribution in [1.29, 1.82) is 0 Å². The topological polar surface area (TPSA) is 26.8 Å². The zero-order valence-corrected chi connectivity index (χ0v) is 17.2. The van der Waals surface area contributed by atoms with E-state index in [-0.39, 0.29) is 11.7 Å². The number of nitrogens with zero attached hydrogens (tertiary/aromatic N) is 3. The van der Waals surface area contributed by atoms with E-state index < -0.39 is 0 Å². The molecule has 1 aliphatic heterocycles. The number of carbonyl (C=O) groups excluding carboxylic acids is 1. The van der Waals surface area contributed by atoms with Gasteiger partial charge in [-0.15, -0.1) is 11.3 Å². The van der Waals surface area contributed by atoms with E-state index in [1.807, 2.05) is 24.6 Å². The maximum atomic E-state index is 13.1. The lowest BCUT2D eigenvalue weighted by molar-refractivity contribution is -0.131. The van der Waals surface area contributed by atoms with Gasteiger partial charge >= 0.3 is 0 Å². The van der Waals surface area contributed by atoms with Crippen LogP contribution in [0.4, 0.5) is 10.1 Å². The van der Waals surface area contributed by atoms with Gasteiger partial charge in [0, 0.05) is 53.6 Å². The second kappa shape index (κ2) is 8.97. The van der Waals surface area contributed by atoms with Crippen LogP contribution in [-0.4, -0.2) is 55.5 Å². The third-order valence-corrected chi connectivity index (χ3v) is 6.26. The predicted molar refractivity (Wildman–Crippen MR) is 108 cm³/mol. The molecule has 26 heavy (non-hydrogen) atoms. The molecule has 0 unspecified atom stereocenters. The molecule has 0 aliphatic carbocycles. The summed E-state index contributed by atoms with van der Waals surface area (Å²) in [7, 11) is 1.86. The van der Waals surface area contributed by atoms with Gasteiger partial charge in [-0.2, -0.15) is 0 Å². The quantitative estimate of drug-likeness (QED) is 0.708. The highest BCUT2D eigenvalue weighted by Gasteiger charge is 2.19. The number of anilines is 1. The lowest BCUT2D eigenvalue weighted by Crippen LogP contribution is -2.39. The highest BCUT2D eigenvalue weighted by atomic mass is 79.9. The van der Waals surface area contributed by atoms with Crippen molar-refractivity contribution in [2.24, 2.45) is 0 Å². The smallest absolute Gasteiger partial charge is 0.236 e. The van der Waals surface area contributed by atoms with Gasteiger partial charge in [0.15, 0.2) is 0 Å². The largest absolute Gasteiger partial charge is 0.370 e. The van der Waals surface area contributed by atoms with Crippen LogP contribution in [0.5, 0.6) is 0 Å². The summed E-state index contributed by atoms with van der Waals surface area (Å²) in [6.45, 7) is 4.60. The zero-order chi connectivity index (χ0) is 18.5. The summed E-state index contributed by atoms with van der Waals surface area (Å²) in [6, 6.07) is 8.70. The van der Waals surface area contributed by atoms with Crippen molar-refractivity contribution in [3.8, 4) is 0 Å². The number of carbonyl (C=O) groups is 1. The van der Waals surface area contributed by atoms with Crippen molar-refractivity contribution >= 4 is 38.9 Å². The molecule has 0 bridgehead atoms. The fourth-order valence-corrected chi connectivity index (χ4v) is 4.61. The van der Waals surface area contributed by atoms with Crippen LogP contribution in [0.25, 0.3) is 0 Å². The van der Waals surface area contributed by atoms with Crippen LogP contribution in [0.15, 0.2) is 40.2 Å². The molecule has 4 nitrogen and oxygen atoms in total. The van der Waals surface area contributed by atoms with E-state index in [1.54, 1.807) is 16.2 Å². The first-order chi connectivity index (χ1) is 12.5. The third kappa shape index (κ3) is 5.28. The number of hydrogen-bond acceptors (Lipinski definition) is 4. The molecule has 1 aliphatic rings. The maximum absolute atomic E-state index is 13.1. The van der Waals surface area contributed by atoms with Crippen LogP contribution in [0.3, 0.4) is 0 Å². The number of hydrogen-bond donors (Lipinski definition) is 0. The Morgan fingerprint density at radius 1 is 1.23 bits per heavy atom. The number of benzene rings is 1. The Labute approximate surface area is 166 Å². The molecule has 0 spiro atoms. The monoisotopic (exact) mass is 439 g/mol. The molecule has 1 fully saturated rings. The highest BCUT2D eigenvalue weighted by molar-refractivity contribution is 9.10. The van der Waals surface area contributed by atoms with Crippen LogP contribution in [0.2, 0.25) is 0 Å². The summed E-state index contributed by atoms with van der Waals surface area (Å²) in [5.74, 6) is -0.0682. The molecular weight excluding hydrogens is 417 g/mol. The first kappa shape index (κ1) is 19.3. The van der Waals surface area contributed by atoms with Crippen molar-refractivity contribution < 1.29 is 9.18 Å². The van der Waals surface area contributed by atoms with Crippen molar-refractivity contribution in [1.82, 2.24) is 9.80 Å². The van der Waals surface area contributed by atoms with Crippen molar-refractivity contribution in [3.05, 3.63) is 50.9 Å². The molecule has 2 aromatic rings. The molecule has 1 saturated heterocycles. The summed E-state index contributed by atoms with van der Waals surface area (Å²) in [5, 5.41) is 2.03. The van der Waals surface area contributed by atoms with E-state index >= 15 is 0 Å². The van der Waals surface area contributed by atoms with Crippen LogP contribution in [0.1, 0.15) is 11.3 Å². The molecule has 0 atom stereocenters. The van der Waals surface area contributed by atoms with E-state index in [0.29, 0.717) is 13.1 Å². The normalized spacial score (nSPS) is 15.7. The summed E-state index contributed by atoms with van der Waals surface area (Å²) in [6.07, 6.45) is 0.992. The van der Waals surface area contributed by atoms with Gasteiger partial charge < -0.3 is 9.80 Å². The third-order valence-electron chi connectivity index (χ3n) is 4.58. The van der Waals surface area contributed by atoms with Gasteiger partial charge in [-0.25, -0.2) is 4.39 Å². The van der Waals surface area contributed by atoms with Gasteiger partial charge in [0.1, 0.15) is 5.82 Å². The van der Waals surface area contributed by atoms with E-state index in [0.717, 1.165) is 42.8 Å². The Morgan fingerprint density at radius 2 is 2.00 bits per heavy atom. The number of rotatable bonds is 5. The van der Waals surface area contributed by atoms with Crippen LogP contribution < -0.4 is 4.90 Å². The van der Waals surface area contributed by atoms with E-state index in [1.165, 1.54) is 17.0 Å². The fourth-order valence-electron chi connectivity index (χ4n) is 3.11. The Hall–Kier alpha value is -1.44. The Balaban J connectivity index is 1.50. The van der Waals surface area contributed by atoms with Crippen molar-refractivity contribution in [2.75, 3.05) is 44.7 Å². The summed E-state index contributed by atoms with van der Waals surface area (Å²) in [4.78, 5) is 20.0. The molecule has 2 heterocycles. The van der Waals surface area contributed by atoms with Crippen molar-refractivity contribution in [2.45, 2.75) is 13.0 Å². The SMILES string of the molecule is CN(Cc1cc(Br)cs1)C(=O)CN1CCCN(c2ccc(F)cc2)CC1. The van der Waals surface area contributed by atoms with Crippen LogP contribution in [0, 0.1) is 5.82 Å². The van der Waals surface area contributed by atoms with Gasteiger partial charge in [-0.3, -0.25) is 9.69 Å². The molecule has 1 aromatic heterocycles. The van der Waals surface area contributed by atoms with Gasteiger partial charge in [0.2, 0.25) is 5.91 Å².